The summed E-state index contributed by atoms with van der Waals surface area (Å²) >= 11 is 0. The summed E-state index contributed by atoms with van der Waals surface area (Å²) in [7, 11) is 0. The number of carbonyl (C=O) groups excluding carboxylic acids is 1. The molecule has 0 aromatic carbocycles. The largest absolute Gasteiger partial charge is 0.492 e. The van der Waals surface area contributed by atoms with Crippen LogP contribution < -0.4 is 0 Å². The molecule has 0 aliphatic carbocycles. The molecule has 1 aromatic heterocycles. The molecule has 0 bridgehead atoms. The average Bonchev–Trinajstić information content (AvgIpc) is 2.48. The van der Waals surface area contributed by atoms with Crippen molar-refractivity contribution in [3.8, 4) is 5.88 Å². The van der Waals surface area contributed by atoms with E-state index in [1.807, 2.05) is 20.8 Å². The van der Waals surface area contributed by atoms with Crippen LogP contribution >= 0.6 is 0 Å². The zero-order valence-corrected chi connectivity index (χ0v) is 11.5. The molecule has 0 unspecified atom stereocenters. The molecule has 1 N–H and O–H groups in total. The number of hydrogen-bond donors (Lipinski definition) is 1. The molecule has 0 spiro atoms. The third-order valence-electron chi connectivity index (χ3n) is 2.81. The van der Waals surface area contributed by atoms with E-state index in [2.05, 4.69) is 9.97 Å². The Hall–Kier alpha value is -1.85. The molecule has 2 rings (SSSR count). The fourth-order valence-electron chi connectivity index (χ4n) is 1.95. The molecule has 1 aliphatic heterocycles. The van der Waals surface area contributed by atoms with Gasteiger partial charge in [-0.05, 0) is 20.8 Å². The van der Waals surface area contributed by atoms with Crippen molar-refractivity contribution >= 4 is 6.09 Å². The summed E-state index contributed by atoms with van der Waals surface area (Å²) in [6.07, 6.45) is 2.23. The van der Waals surface area contributed by atoms with Gasteiger partial charge in [-0.1, -0.05) is 0 Å². The Morgan fingerprint density at radius 3 is 2.58 bits per heavy atom. The van der Waals surface area contributed by atoms with Crippen molar-refractivity contribution in [3.05, 3.63) is 17.6 Å². The zero-order chi connectivity index (χ0) is 14.0. The number of aromatic hydroxyl groups is 1. The van der Waals surface area contributed by atoms with E-state index in [1.165, 1.54) is 6.20 Å². The van der Waals surface area contributed by atoms with Crippen molar-refractivity contribution in [3.63, 3.8) is 0 Å². The van der Waals surface area contributed by atoms with Gasteiger partial charge in [-0.2, -0.15) is 0 Å². The van der Waals surface area contributed by atoms with Crippen LogP contribution in [0, 0.1) is 0 Å². The van der Waals surface area contributed by atoms with E-state index >= 15 is 0 Å². The van der Waals surface area contributed by atoms with E-state index in [-0.39, 0.29) is 12.0 Å². The first-order chi connectivity index (χ1) is 8.85. The summed E-state index contributed by atoms with van der Waals surface area (Å²) in [5.41, 5.74) is 1.10. The van der Waals surface area contributed by atoms with Gasteiger partial charge in [-0.3, -0.25) is 4.98 Å². The Kier molecular flexibility index (Phi) is 3.59. The van der Waals surface area contributed by atoms with Crippen molar-refractivity contribution in [2.75, 3.05) is 13.1 Å². The van der Waals surface area contributed by atoms with E-state index in [1.54, 1.807) is 4.90 Å². The Labute approximate surface area is 112 Å². The predicted molar refractivity (Wildman–Crippen MR) is 68.9 cm³/mol. The number of ether oxygens (including phenoxy) is 1. The second kappa shape index (κ2) is 5.03. The average molecular weight is 265 g/mol. The number of nitrogens with zero attached hydrogens (tertiary/aromatic N) is 3. The maximum atomic E-state index is 12.0. The van der Waals surface area contributed by atoms with Gasteiger partial charge in [0.15, 0.2) is 0 Å². The second-order valence-corrected chi connectivity index (χ2v) is 5.59. The van der Waals surface area contributed by atoms with Crippen LogP contribution in [0.4, 0.5) is 4.79 Å². The van der Waals surface area contributed by atoms with Crippen LogP contribution in [0.3, 0.4) is 0 Å². The number of aromatic nitrogens is 2. The molecular weight excluding hydrogens is 246 g/mol. The molecule has 19 heavy (non-hydrogen) atoms. The summed E-state index contributed by atoms with van der Waals surface area (Å²) in [4.78, 5) is 21.9. The highest BCUT2D eigenvalue weighted by Crippen LogP contribution is 2.16. The lowest BCUT2D eigenvalue weighted by Crippen LogP contribution is -2.38. The van der Waals surface area contributed by atoms with E-state index in [0.29, 0.717) is 25.9 Å². The minimum absolute atomic E-state index is 0.0792. The van der Waals surface area contributed by atoms with Gasteiger partial charge in [0, 0.05) is 25.9 Å². The third-order valence-corrected chi connectivity index (χ3v) is 2.81. The fourth-order valence-corrected chi connectivity index (χ4v) is 1.95. The first-order valence-electron chi connectivity index (χ1n) is 6.37. The van der Waals surface area contributed by atoms with Gasteiger partial charge in [0.25, 0.3) is 0 Å². The second-order valence-electron chi connectivity index (χ2n) is 5.59. The number of rotatable bonds is 0. The molecule has 2 heterocycles. The number of carbonyl (C=O) groups is 1. The lowest BCUT2D eigenvalue weighted by Gasteiger charge is -2.26. The number of amides is 1. The molecule has 6 heteroatoms. The monoisotopic (exact) mass is 265 g/mol. The smallest absolute Gasteiger partial charge is 0.410 e. The lowest BCUT2D eigenvalue weighted by molar-refractivity contribution is 0.0258. The summed E-state index contributed by atoms with van der Waals surface area (Å²) < 4.78 is 5.35. The van der Waals surface area contributed by atoms with Gasteiger partial charge in [-0.15, -0.1) is 0 Å². The standard InChI is InChI=1S/C13H19N3O3/c1-13(2,3)19-12(18)16-6-4-9-10(5-7-16)15-11(17)8-14-9/h8H,4-7H2,1-3H3,(H,15,17). The Balaban J connectivity index is 2.05. The normalized spacial score (nSPS) is 15.6. The summed E-state index contributed by atoms with van der Waals surface area (Å²) in [5, 5.41) is 9.33. The molecule has 0 saturated carbocycles. The highest BCUT2D eigenvalue weighted by Gasteiger charge is 2.25. The first-order valence-corrected chi connectivity index (χ1v) is 6.37. The Morgan fingerprint density at radius 2 is 1.95 bits per heavy atom. The summed E-state index contributed by atoms with van der Waals surface area (Å²) in [5.74, 6) is -0.0792. The summed E-state index contributed by atoms with van der Waals surface area (Å²) in [6, 6.07) is 0. The number of hydrogen-bond acceptors (Lipinski definition) is 5. The van der Waals surface area contributed by atoms with Gasteiger partial charge >= 0.3 is 6.09 Å². The molecule has 1 amide bonds. The van der Waals surface area contributed by atoms with E-state index < -0.39 is 5.60 Å². The highest BCUT2D eigenvalue weighted by molar-refractivity contribution is 5.68. The highest BCUT2D eigenvalue weighted by atomic mass is 16.6. The molecule has 0 radical (unpaired) electrons. The molecule has 0 fully saturated rings. The molecule has 0 atom stereocenters. The van der Waals surface area contributed by atoms with Crippen molar-refractivity contribution in [2.45, 2.75) is 39.2 Å². The van der Waals surface area contributed by atoms with Gasteiger partial charge in [0.2, 0.25) is 5.88 Å². The van der Waals surface area contributed by atoms with Gasteiger partial charge < -0.3 is 14.7 Å². The molecule has 6 nitrogen and oxygen atoms in total. The topological polar surface area (TPSA) is 75.5 Å². The predicted octanol–water partition coefficient (Wildman–Crippen LogP) is 1.52. The van der Waals surface area contributed by atoms with Crippen LogP contribution in [0.25, 0.3) is 0 Å². The van der Waals surface area contributed by atoms with Crippen LogP contribution in [0.5, 0.6) is 5.88 Å². The Morgan fingerprint density at radius 1 is 1.32 bits per heavy atom. The molecule has 104 valence electrons. The van der Waals surface area contributed by atoms with E-state index in [9.17, 15) is 9.90 Å². The number of fused-ring (bicyclic) bond motifs is 1. The van der Waals surface area contributed by atoms with Crippen LogP contribution in [0.1, 0.15) is 32.2 Å². The first kappa shape index (κ1) is 13.6. The van der Waals surface area contributed by atoms with Crippen LogP contribution in [-0.4, -0.2) is 44.8 Å². The molecule has 0 saturated heterocycles. The Bertz CT molecular complexity index is 483. The van der Waals surface area contributed by atoms with Crippen molar-refractivity contribution in [1.82, 2.24) is 14.9 Å². The van der Waals surface area contributed by atoms with E-state index in [0.717, 1.165) is 11.4 Å². The van der Waals surface area contributed by atoms with Crippen molar-refractivity contribution in [2.24, 2.45) is 0 Å². The quantitative estimate of drug-likeness (QED) is 0.769. The van der Waals surface area contributed by atoms with Gasteiger partial charge in [-0.25, -0.2) is 9.78 Å². The molecular formula is C13H19N3O3. The molecule has 1 aliphatic rings. The van der Waals surface area contributed by atoms with Crippen LogP contribution in [0.15, 0.2) is 6.20 Å². The van der Waals surface area contributed by atoms with Gasteiger partial charge in [0.05, 0.1) is 17.6 Å². The maximum Gasteiger partial charge on any atom is 0.410 e. The summed E-state index contributed by atoms with van der Waals surface area (Å²) in [6.45, 7) is 6.62. The zero-order valence-electron chi connectivity index (χ0n) is 11.5. The minimum Gasteiger partial charge on any atom is -0.492 e. The van der Waals surface area contributed by atoms with Crippen molar-refractivity contribution < 1.29 is 14.6 Å². The minimum atomic E-state index is -0.495. The molecule has 1 aromatic rings. The maximum absolute atomic E-state index is 12.0. The van der Waals surface area contributed by atoms with Crippen LogP contribution in [-0.2, 0) is 17.6 Å². The third kappa shape index (κ3) is 3.56. The van der Waals surface area contributed by atoms with Crippen LogP contribution in [0.2, 0.25) is 0 Å². The van der Waals surface area contributed by atoms with E-state index in [4.69, 9.17) is 4.74 Å². The fraction of sp³-hybridized carbons (Fsp3) is 0.615. The van der Waals surface area contributed by atoms with Gasteiger partial charge in [0.1, 0.15) is 5.60 Å². The van der Waals surface area contributed by atoms with Crippen molar-refractivity contribution in [1.29, 1.82) is 0 Å². The lowest BCUT2D eigenvalue weighted by atomic mass is 10.2. The SMILES string of the molecule is CC(C)(C)OC(=O)N1CCc2ncc(O)nc2CC1.